The molecule has 0 aliphatic rings. The van der Waals surface area contributed by atoms with E-state index in [1.165, 1.54) is 11.3 Å². The summed E-state index contributed by atoms with van der Waals surface area (Å²) in [5, 5.41) is 4.12. The van der Waals surface area contributed by atoms with Gasteiger partial charge in [0.2, 0.25) is 0 Å². The lowest BCUT2D eigenvalue weighted by atomic mass is 10.4. The van der Waals surface area contributed by atoms with E-state index in [0.29, 0.717) is 0 Å². The molecule has 0 amide bonds. The smallest absolute Gasteiger partial charge is 0.0406 e. The van der Waals surface area contributed by atoms with E-state index in [1.54, 1.807) is 0 Å². The fraction of sp³-hybridized carbons (Fsp3) is 0.455. The molecule has 0 saturated heterocycles. The average Bonchev–Trinajstić information content (AvgIpc) is 2.21. The van der Waals surface area contributed by atoms with Crippen LogP contribution in [0.5, 0.6) is 0 Å². The van der Waals surface area contributed by atoms with Gasteiger partial charge in [0, 0.05) is 9.92 Å². The highest BCUT2D eigenvalue weighted by molar-refractivity contribution is 7.99. The van der Waals surface area contributed by atoms with Crippen LogP contribution in [0.15, 0.2) is 29.2 Å². The minimum Gasteiger partial charge on any atom is -0.317 e. The van der Waals surface area contributed by atoms with Crippen molar-refractivity contribution in [3.8, 4) is 0 Å². The summed E-state index contributed by atoms with van der Waals surface area (Å²) < 4.78 is 0. The van der Waals surface area contributed by atoms with Crippen molar-refractivity contribution in [1.82, 2.24) is 5.32 Å². The van der Waals surface area contributed by atoms with Crippen LogP contribution < -0.4 is 5.32 Å². The number of thioether (sulfide) groups is 1. The molecule has 1 rings (SSSR count). The SMILES string of the molecule is CCNCCCSc1ccc(Cl)cc1. The first-order valence-corrected chi connectivity index (χ1v) is 6.28. The van der Waals surface area contributed by atoms with E-state index < -0.39 is 0 Å². The Morgan fingerprint density at radius 2 is 2.00 bits per heavy atom. The molecule has 0 atom stereocenters. The zero-order valence-electron chi connectivity index (χ0n) is 8.42. The largest absolute Gasteiger partial charge is 0.317 e. The third kappa shape index (κ3) is 4.89. The fourth-order valence-corrected chi connectivity index (χ4v) is 2.07. The average molecular weight is 230 g/mol. The van der Waals surface area contributed by atoms with Gasteiger partial charge in [0.1, 0.15) is 0 Å². The summed E-state index contributed by atoms with van der Waals surface area (Å²) in [6.07, 6.45) is 1.21. The van der Waals surface area contributed by atoms with Gasteiger partial charge in [0.25, 0.3) is 0 Å². The van der Waals surface area contributed by atoms with Crippen molar-refractivity contribution in [3.63, 3.8) is 0 Å². The Balaban J connectivity index is 2.15. The van der Waals surface area contributed by atoms with Crippen LogP contribution in [0.3, 0.4) is 0 Å². The van der Waals surface area contributed by atoms with Crippen molar-refractivity contribution in [3.05, 3.63) is 29.3 Å². The summed E-state index contributed by atoms with van der Waals surface area (Å²) in [5.41, 5.74) is 0. The monoisotopic (exact) mass is 229 g/mol. The first-order valence-electron chi connectivity index (χ1n) is 4.92. The second-order valence-corrected chi connectivity index (χ2v) is 4.61. The summed E-state index contributed by atoms with van der Waals surface area (Å²) in [5.74, 6) is 1.16. The van der Waals surface area contributed by atoms with Crippen LogP contribution in [0.4, 0.5) is 0 Å². The summed E-state index contributed by atoms with van der Waals surface area (Å²) in [6, 6.07) is 8.02. The number of halogens is 1. The third-order valence-corrected chi connectivity index (χ3v) is 3.18. The maximum Gasteiger partial charge on any atom is 0.0406 e. The Hall–Kier alpha value is -0.180. The van der Waals surface area contributed by atoms with Crippen LogP contribution in [0.25, 0.3) is 0 Å². The van der Waals surface area contributed by atoms with Crippen molar-refractivity contribution in [1.29, 1.82) is 0 Å². The molecule has 0 heterocycles. The molecule has 3 heteroatoms. The Morgan fingerprint density at radius 1 is 1.29 bits per heavy atom. The topological polar surface area (TPSA) is 12.0 Å². The molecule has 1 N–H and O–H groups in total. The van der Waals surface area contributed by atoms with Crippen LogP contribution in [-0.4, -0.2) is 18.8 Å². The van der Waals surface area contributed by atoms with Crippen molar-refractivity contribution < 1.29 is 0 Å². The van der Waals surface area contributed by atoms with E-state index in [4.69, 9.17) is 11.6 Å². The summed E-state index contributed by atoms with van der Waals surface area (Å²) >= 11 is 7.68. The van der Waals surface area contributed by atoms with Gasteiger partial charge in [0.15, 0.2) is 0 Å². The quantitative estimate of drug-likeness (QED) is 0.593. The molecule has 0 unspecified atom stereocenters. The predicted molar refractivity (Wildman–Crippen MR) is 65.3 cm³/mol. The van der Waals surface area contributed by atoms with E-state index in [2.05, 4.69) is 24.4 Å². The normalized spacial score (nSPS) is 10.4. The third-order valence-electron chi connectivity index (χ3n) is 1.83. The van der Waals surface area contributed by atoms with Crippen LogP contribution in [0, 0.1) is 0 Å². The first kappa shape index (κ1) is 11.9. The van der Waals surface area contributed by atoms with Crippen molar-refractivity contribution in [2.45, 2.75) is 18.2 Å². The van der Waals surface area contributed by atoms with Crippen molar-refractivity contribution >= 4 is 23.4 Å². The van der Waals surface area contributed by atoms with Crippen LogP contribution in [0.1, 0.15) is 13.3 Å². The molecular weight excluding hydrogens is 214 g/mol. The van der Waals surface area contributed by atoms with E-state index in [9.17, 15) is 0 Å². The molecule has 14 heavy (non-hydrogen) atoms. The first-order chi connectivity index (χ1) is 6.83. The van der Waals surface area contributed by atoms with Gasteiger partial charge < -0.3 is 5.32 Å². The van der Waals surface area contributed by atoms with Crippen molar-refractivity contribution in [2.24, 2.45) is 0 Å². The summed E-state index contributed by atoms with van der Waals surface area (Å²) in [6.45, 7) is 4.30. The molecule has 78 valence electrons. The molecule has 0 fully saturated rings. The van der Waals surface area contributed by atoms with Crippen LogP contribution >= 0.6 is 23.4 Å². The second-order valence-electron chi connectivity index (χ2n) is 3.01. The fourth-order valence-electron chi connectivity index (χ4n) is 1.09. The van der Waals surface area contributed by atoms with E-state index in [-0.39, 0.29) is 0 Å². The van der Waals surface area contributed by atoms with E-state index >= 15 is 0 Å². The highest BCUT2D eigenvalue weighted by Crippen LogP contribution is 2.20. The Bertz CT molecular complexity index is 248. The van der Waals surface area contributed by atoms with Gasteiger partial charge in [-0.1, -0.05) is 18.5 Å². The maximum absolute atomic E-state index is 5.79. The highest BCUT2D eigenvalue weighted by Gasteiger charge is 1.93. The number of benzene rings is 1. The molecule has 1 aromatic rings. The maximum atomic E-state index is 5.79. The zero-order valence-corrected chi connectivity index (χ0v) is 10.00. The van der Waals surface area contributed by atoms with Gasteiger partial charge >= 0.3 is 0 Å². The van der Waals surface area contributed by atoms with Gasteiger partial charge in [-0.25, -0.2) is 0 Å². The number of hydrogen-bond donors (Lipinski definition) is 1. The van der Waals surface area contributed by atoms with Gasteiger partial charge in [-0.3, -0.25) is 0 Å². The molecule has 0 spiro atoms. The van der Waals surface area contributed by atoms with Crippen LogP contribution in [-0.2, 0) is 0 Å². The molecule has 1 nitrogen and oxygen atoms in total. The van der Waals surface area contributed by atoms with Gasteiger partial charge in [-0.2, -0.15) is 0 Å². The number of nitrogens with one attached hydrogen (secondary N) is 1. The lowest BCUT2D eigenvalue weighted by Crippen LogP contribution is -2.14. The zero-order chi connectivity index (χ0) is 10.2. The lowest BCUT2D eigenvalue weighted by Gasteiger charge is -2.02. The number of rotatable bonds is 6. The predicted octanol–water partition coefficient (Wildman–Crippen LogP) is 3.43. The molecular formula is C11H16ClNS. The second kappa shape index (κ2) is 7.16. The Morgan fingerprint density at radius 3 is 2.64 bits per heavy atom. The highest BCUT2D eigenvalue weighted by atomic mass is 35.5. The molecule has 0 radical (unpaired) electrons. The Kier molecular flexibility index (Phi) is 6.08. The summed E-state index contributed by atoms with van der Waals surface area (Å²) in [4.78, 5) is 1.30. The molecule has 1 aromatic carbocycles. The minimum absolute atomic E-state index is 0.807. The standard InChI is InChI=1S/C11H16ClNS/c1-2-13-8-3-9-14-11-6-4-10(12)5-7-11/h4-7,13H,2-3,8-9H2,1H3. The lowest BCUT2D eigenvalue weighted by molar-refractivity contribution is 0.707. The molecule has 0 aromatic heterocycles. The Labute approximate surface area is 95.2 Å². The van der Waals surface area contributed by atoms with Crippen molar-refractivity contribution in [2.75, 3.05) is 18.8 Å². The molecule has 0 saturated carbocycles. The molecule has 0 aliphatic carbocycles. The van der Waals surface area contributed by atoms with Crippen LogP contribution in [0.2, 0.25) is 5.02 Å². The van der Waals surface area contributed by atoms with E-state index in [1.807, 2.05) is 23.9 Å². The van der Waals surface area contributed by atoms with Gasteiger partial charge in [0.05, 0.1) is 0 Å². The van der Waals surface area contributed by atoms with Gasteiger partial charge in [-0.15, -0.1) is 11.8 Å². The molecule has 0 aliphatic heterocycles. The molecule has 0 bridgehead atoms. The van der Waals surface area contributed by atoms with E-state index in [0.717, 1.165) is 23.9 Å². The minimum atomic E-state index is 0.807. The number of hydrogen-bond acceptors (Lipinski definition) is 2. The summed E-state index contributed by atoms with van der Waals surface area (Å²) in [7, 11) is 0. The van der Waals surface area contributed by atoms with Gasteiger partial charge in [-0.05, 0) is 49.5 Å².